The summed E-state index contributed by atoms with van der Waals surface area (Å²) in [5.74, 6) is -1.64. The molecule has 138 valence electrons. The number of ether oxygens (including phenoxy) is 1. The van der Waals surface area contributed by atoms with Crippen molar-refractivity contribution >= 4 is 28.5 Å². The lowest BCUT2D eigenvalue weighted by Crippen LogP contribution is -2.34. The van der Waals surface area contributed by atoms with Crippen molar-refractivity contribution in [2.24, 2.45) is 0 Å². The highest BCUT2D eigenvalue weighted by Gasteiger charge is 2.22. The third-order valence-electron chi connectivity index (χ3n) is 4.09. The van der Waals surface area contributed by atoms with E-state index in [9.17, 15) is 14.0 Å². The summed E-state index contributed by atoms with van der Waals surface area (Å²) in [5, 5.41) is 0.492. The van der Waals surface area contributed by atoms with Crippen LogP contribution in [0.2, 0.25) is 0 Å². The number of fused-ring (bicyclic) bond motifs is 1. The largest absolute Gasteiger partial charge is 0.450 e. The Morgan fingerprint density at radius 1 is 1.22 bits per heavy atom. The van der Waals surface area contributed by atoms with Crippen molar-refractivity contribution in [3.63, 3.8) is 0 Å². The van der Waals surface area contributed by atoms with Gasteiger partial charge in [0.2, 0.25) is 5.76 Å². The minimum Gasteiger partial charge on any atom is -0.450 e. The van der Waals surface area contributed by atoms with Crippen LogP contribution in [0.5, 0.6) is 0 Å². The minimum absolute atomic E-state index is 0.0432. The fourth-order valence-electron chi connectivity index (χ4n) is 2.75. The van der Waals surface area contributed by atoms with Crippen LogP contribution in [0.4, 0.5) is 10.1 Å². The predicted molar refractivity (Wildman–Crippen MR) is 100 cm³/mol. The number of carbonyl (C=O) groups is 2. The number of benzene rings is 2. The molecule has 0 saturated carbocycles. The molecular formula is C21H18FNO4. The fraction of sp³-hybridized carbons (Fsp3) is 0.143. The first-order chi connectivity index (χ1) is 13.0. The van der Waals surface area contributed by atoms with Crippen molar-refractivity contribution in [3.05, 3.63) is 78.3 Å². The molecule has 3 aromatic rings. The molecule has 0 bridgehead atoms. The van der Waals surface area contributed by atoms with E-state index < -0.39 is 24.3 Å². The van der Waals surface area contributed by atoms with Crippen LogP contribution in [0.1, 0.15) is 16.1 Å². The zero-order chi connectivity index (χ0) is 19.4. The Kier molecular flexibility index (Phi) is 5.35. The Labute approximate surface area is 155 Å². The van der Waals surface area contributed by atoms with E-state index in [2.05, 4.69) is 6.58 Å². The molecule has 0 atom stereocenters. The van der Waals surface area contributed by atoms with E-state index in [0.717, 1.165) is 0 Å². The second-order valence-electron chi connectivity index (χ2n) is 5.90. The van der Waals surface area contributed by atoms with Crippen LogP contribution in [-0.2, 0) is 9.53 Å². The highest BCUT2D eigenvalue weighted by atomic mass is 19.1. The molecule has 5 nitrogen and oxygen atoms in total. The first kappa shape index (κ1) is 18.4. The van der Waals surface area contributed by atoms with Gasteiger partial charge in [-0.2, -0.15) is 0 Å². The van der Waals surface area contributed by atoms with Crippen molar-refractivity contribution in [2.45, 2.75) is 6.92 Å². The maximum absolute atomic E-state index is 13.4. The highest BCUT2D eigenvalue weighted by Crippen LogP contribution is 2.26. The maximum Gasteiger partial charge on any atom is 0.375 e. The Hall–Kier alpha value is -3.41. The first-order valence-corrected chi connectivity index (χ1v) is 8.33. The van der Waals surface area contributed by atoms with E-state index in [1.165, 1.54) is 23.1 Å². The molecule has 6 heteroatoms. The summed E-state index contributed by atoms with van der Waals surface area (Å²) in [6.45, 7) is 5.11. The van der Waals surface area contributed by atoms with Gasteiger partial charge < -0.3 is 14.1 Å². The summed E-state index contributed by atoms with van der Waals surface area (Å²) in [6.07, 6.45) is 1.59. The zero-order valence-electron chi connectivity index (χ0n) is 14.8. The summed E-state index contributed by atoms with van der Waals surface area (Å²) < 4.78 is 24.0. The molecule has 0 aliphatic heterocycles. The van der Waals surface area contributed by atoms with Crippen LogP contribution >= 0.6 is 0 Å². The van der Waals surface area contributed by atoms with Crippen molar-refractivity contribution in [1.82, 2.24) is 0 Å². The van der Waals surface area contributed by atoms with Gasteiger partial charge in [-0.3, -0.25) is 4.79 Å². The molecule has 1 heterocycles. The van der Waals surface area contributed by atoms with Crippen LogP contribution in [0.25, 0.3) is 11.0 Å². The Balaban J connectivity index is 1.74. The summed E-state index contributed by atoms with van der Waals surface area (Å²) >= 11 is 0. The SMILES string of the molecule is C=CCN(C(=O)COC(=O)c1oc2ccc(F)cc2c1C)c1ccccc1. The second kappa shape index (κ2) is 7.86. The monoisotopic (exact) mass is 367 g/mol. The quantitative estimate of drug-likeness (QED) is 0.483. The molecule has 1 aromatic heterocycles. The first-order valence-electron chi connectivity index (χ1n) is 8.33. The van der Waals surface area contributed by atoms with Crippen LogP contribution in [0.3, 0.4) is 0 Å². The molecule has 0 aliphatic carbocycles. The van der Waals surface area contributed by atoms with E-state index in [1.54, 1.807) is 25.1 Å². The Morgan fingerprint density at radius 3 is 2.67 bits per heavy atom. The van der Waals surface area contributed by atoms with Gasteiger partial charge in [-0.15, -0.1) is 6.58 Å². The summed E-state index contributed by atoms with van der Waals surface area (Å²) in [6, 6.07) is 13.0. The number of furan rings is 1. The molecule has 0 unspecified atom stereocenters. The summed E-state index contributed by atoms with van der Waals surface area (Å²) in [4.78, 5) is 26.3. The van der Waals surface area contributed by atoms with Crippen LogP contribution in [-0.4, -0.2) is 25.0 Å². The number of hydrogen-bond donors (Lipinski definition) is 0. The fourth-order valence-corrected chi connectivity index (χ4v) is 2.75. The number of para-hydroxylation sites is 1. The number of carbonyl (C=O) groups excluding carboxylic acids is 2. The third kappa shape index (κ3) is 3.89. The van der Waals surface area contributed by atoms with E-state index in [0.29, 0.717) is 22.2 Å². The lowest BCUT2D eigenvalue weighted by Gasteiger charge is -2.20. The molecule has 0 aliphatic rings. The molecular weight excluding hydrogens is 349 g/mol. The number of rotatable bonds is 6. The predicted octanol–water partition coefficient (Wildman–Crippen LogP) is 4.26. The van der Waals surface area contributed by atoms with E-state index in [1.807, 2.05) is 18.2 Å². The molecule has 1 amide bonds. The molecule has 0 saturated heterocycles. The maximum atomic E-state index is 13.4. The van der Waals surface area contributed by atoms with Gasteiger partial charge in [-0.05, 0) is 37.3 Å². The number of amides is 1. The topological polar surface area (TPSA) is 59.8 Å². The summed E-state index contributed by atoms with van der Waals surface area (Å²) in [7, 11) is 0. The molecule has 0 spiro atoms. The van der Waals surface area contributed by atoms with E-state index >= 15 is 0 Å². The minimum atomic E-state index is -0.774. The molecule has 2 aromatic carbocycles. The Morgan fingerprint density at radius 2 is 1.96 bits per heavy atom. The number of halogens is 1. The average Bonchev–Trinajstić information content (AvgIpc) is 3.01. The molecule has 0 radical (unpaired) electrons. The number of aryl methyl sites for hydroxylation is 1. The highest BCUT2D eigenvalue weighted by molar-refractivity contribution is 5.99. The lowest BCUT2D eigenvalue weighted by molar-refractivity contribution is -0.121. The molecule has 27 heavy (non-hydrogen) atoms. The van der Waals surface area contributed by atoms with Gasteiger partial charge in [0.25, 0.3) is 5.91 Å². The molecule has 0 N–H and O–H groups in total. The Bertz CT molecular complexity index is 994. The molecule has 0 fully saturated rings. The normalized spacial score (nSPS) is 10.6. The number of nitrogens with zero attached hydrogens (tertiary/aromatic N) is 1. The average molecular weight is 367 g/mol. The van der Waals surface area contributed by atoms with Gasteiger partial charge in [0, 0.05) is 23.2 Å². The third-order valence-corrected chi connectivity index (χ3v) is 4.09. The lowest BCUT2D eigenvalue weighted by atomic mass is 10.1. The van der Waals surface area contributed by atoms with Gasteiger partial charge in [0.1, 0.15) is 11.4 Å². The van der Waals surface area contributed by atoms with Crippen LogP contribution in [0.15, 0.2) is 65.6 Å². The number of esters is 1. The van der Waals surface area contributed by atoms with Crippen molar-refractivity contribution in [3.8, 4) is 0 Å². The van der Waals surface area contributed by atoms with Gasteiger partial charge in [0.05, 0.1) is 0 Å². The summed E-state index contributed by atoms with van der Waals surface area (Å²) in [5.41, 5.74) is 1.52. The van der Waals surface area contributed by atoms with Gasteiger partial charge in [-0.1, -0.05) is 24.3 Å². The van der Waals surface area contributed by atoms with Crippen molar-refractivity contribution < 1.29 is 23.1 Å². The van der Waals surface area contributed by atoms with Gasteiger partial charge in [0.15, 0.2) is 6.61 Å². The van der Waals surface area contributed by atoms with Crippen LogP contribution < -0.4 is 4.90 Å². The van der Waals surface area contributed by atoms with Gasteiger partial charge >= 0.3 is 5.97 Å². The van der Waals surface area contributed by atoms with Crippen LogP contribution in [0, 0.1) is 12.7 Å². The van der Waals surface area contributed by atoms with Gasteiger partial charge in [-0.25, -0.2) is 9.18 Å². The van der Waals surface area contributed by atoms with E-state index in [-0.39, 0.29) is 12.3 Å². The van der Waals surface area contributed by atoms with Crippen molar-refractivity contribution in [2.75, 3.05) is 18.1 Å². The molecule has 3 rings (SSSR count). The number of anilines is 1. The van der Waals surface area contributed by atoms with E-state index in [4.69, 9.17) is 9.15 Å². The zero-order valence-corrected chi connectivity index (χ0v) is 14.8. The second-order valence-corrected chi connectivity index (χ2v) is 5.90. The van der Waals surface area contributed by atoms with Crippen molar-refractivity contribution in [1.29, 1.82) is 0 Å². The standard InChI is InChI=1S/C21H18FNO4/c1-3-11-23(16-7-5-4-6-8-16)19(24)13-26-21(25)20-14(2)17-12-15(22)9-10-18(17)27-20/h3-10,12H,1,11,13H2,2H3. The smallest absolute Gasteiger partial charge is 0.375 e. The number of hydrogen-bond acceptors (Lipinski definition) is 4.